The van der Waals surface area contributed by atoms with Gasteiger partial charge in [-0.25, -0.2) is 4.79 Å². The minimum absolute atomic E-state index is 0.00557. The highest BCUT2D eigenvalue weighted by atomic mass is 16.4. The summed E-state index contributed by atoms with van der Waals surface area (Å²) in [6.07, 6.45) is 0.00557. The van der Waals surface area contributed by atoms with E-state index in [9.17, 15) is 14.4 Å². The number of carbonyl (C=O) groups is 3. The molecule has 0 saturated heterocycles. The van der Waals surface area contributed by atoms with E-state index in [0.29, 0.717) is 11.3 Å². The second-order valence-electron chi connectivity index (χ2n) is 4.64. The molecule has 0 spiro atoms. The van der Waals surface area contributed by atoms with Gasteiger partial charge in [0, 0.05) is 11.3 Å². The van der Waals surface area contributed by atoms with Crippen molar-refractivity contribution in [3.8, 4) is 0 Å². The normalized spacial score (nSPS) is 10.0. The summed E-state index contributed by atoms with van der Waals surface area (Å²) in [5, 5.41) is 11.6. The molecule has 6 heteroatoms. The van der Waals surface area contributed by atoms with Crippen molar-refractivity contribution in [2.24, 2.45) is 5.73 Å². The third-order valence-electron chi connectivity index (χ3n) is 3.00. The summed E-state index contributed by atoms with van der Waals surface area (Å²) in [5.41, 5.74) is 6.47. The Bertz CT molecular complexity index is 740. The number of benzene rings is 2. The molecule has 2 aromatic carbocycles. The van der Waals surface area contributed by atoms with Crippen molar-refractivity contribution in [3.05, 3.63) is 65.2 Å². The summed E-state index contributed by atoms with van der Waals surface area (Å²) in [7, 11) is 0. The van der Waals surface area contributed by atoms with Crippen LogP contribution in [-0.4, -0.2) is 22.9 Å². The van der Waals surface area contributed by atoms with Gasteiger partial charge in [-0.3, -0.25) is 9.59 Å². The average molecular weight is 298 g/mol. The van der Waals surface area contributed by atoms with Crippen LogP contribution < -0.4 is 11.1 Å². The summed E-state index contributed by atoms with van der Waals surface area (Å²) in [4.78, 5) is 34.2. The topological polar surface area (TPSA) is 109 Å². The van der Waals surface area contributed by atoms with E-state index in [1.54, 1.807) is 24.3 Å². The molecule has 0 heterocycles. The maximum absolute atomic E-state index is 12.2. The van der Waals surface area contributed by atoms with Crippen LogP contribution in [0.3, 0.4) is 0 Å². The van der Waals surface area contributed by atoms with Crippen LogP contribution in [0.1, 0.15) is 26.3 Å². The number of nitrogens with one attached hydrogen (secondary N) is 1. The number of aromatic carboxylic acids is 1. The lowest BCUT2D eigenvalue weighted by atomic mass is 10.1. The van der Waals surface area contributed by atoms with Crippen LogP contribution in [0.25, 0.3) is 0 Å². The first kappa shape index (κ1) is 15.2. The predicted molar refractivity (Wildman–Crippen MR) is 80.7 cm³/mol. The molecule has 22 heavy (non-hydrogen) atoms. The Morgan fingerprint density at radius 3 is 2.36 bits per heavy atom. The van der Waals surface area contributed by atoms with Crippen LogP contribution in [-0.2, 0) is 11.2 Å². The fourth-order valence-electron chi connectivity index (χ4n) is 1.97. The molecule has 0 unspecified atom stereocenters. The number of primary amides is 1. The highest BCUT2D eigenvalue weighted by molar-refractivity contribution is 6.06. The van der Waals surface area contributed by atoms with E-state index in [-0.39, 0.29) is 17.5 Å². The Labute approximate surface area is 126 Å². The Kier molecular flexibility index (Phi) is 4.53. The van der Waals surface area contributed by atoms with Crippen molar-refractivity contribution in [2.45, 2.75) is 6.42 Å². The summed E-state index contributed by atoms with van der Waals surface area (Å²) >= 11 is 0. The maximum Gasteiger partial charge on any atom is 0.335 e. The molecule has 0 aliphatic carbocycles. The van der Waals surface area contributed by atoms with Gasteiger partial charge in [-0.05, 0) is 29.8 Å². The van der Waals surface area contributed by atoms with E-state index in [0.717, 1.165) is 0 Å². The number of anilines is 1. The van der Waals surface area contributed by atoms with E-state index >= 15 is 0 Å². The molecule has 0 aliphatic heterocycles. The minimum Gasteiger partial charge on any atom is -0.478 e. The zero-order chi connectivity index (χ0) is 16.1. The van der Waals surface area contributed by atoms with Gasteiger partial charge in [-0.15, -0.1) is 0 Å². The smallest absolute Gasteiger partial charge is 0.335 e. The van der Waals surface area contributed by atoms with Crippen molar-refractivity contribution in [1.82, 2.24) is 0 Å². The molecule has 112 valence electrons. The maximum atomic E-state index is 12.2. The minimum atomic E-state index is -1.11. The lowest BCUT2D eigenvalue weighted by Gasteiger charge is -2.10. The Morgan fingerprint density at radius 1 is 1.00 bits per heavy atom. The molecule has 0 aromatic heterocycles. The van der Waals surface area contributed by atoms with E-state index in [2.05, 4.69) is 5.32 Å². The molecule has 6 nitrogen and oxygen atoms in total. The van der Waals surface area contributed by atoms with Crippen molar-refractivity contribution < 1.29 is 19.5 Å². The molecule has 0 atom stereocenters. The standard InChI is InChI=1S/C16H14N2O4/c17-14(19)9-10-4-1-2-7-13(10)18-15(20)11-5-3-6-12(8-11)16(21)22/h1-8H,9H2,(H2,17,19)(H,18,20)(H,21,22). The second kappa shape index (κ2) is 6.53. The lowest BCUT2D eigenvalue weighted by Crippen LogP contribution is -2.17. The van der Waals surface area contributed by atoms with Gasteiger partial charge >= 0.3 is 5.97 Å². The van der Waals surface area contributed by atoms with Crippen LogP contribution in [0.5, 0.6) is 0 Å². The number of nitrogens with two attached hydrogens (primary N) is 1. The van der Waals surface area contributed by atoms with Crippen molar-refractivity contribution >= 4 is 23.5 Å². The highest BCUT2D eigenvalue weighted by Crippen LogP contribution is 2.17. The van der Waals surface area contributed by atoms with Crippen LogP contribution in [0.2, 0.25) is 0 Å². The molecular formula is C16H14N2O4. The van der Waals surface area contributed by atoms with Crippen LogP contribution in [0, 0.1) is 0 Å². The molecule has 2 aromatic rings. The van der Waals surface area contributed by atoms with Gasteiger partial charge in [0.1, 0.15) is 0 Å². The fraction of sp³-hybridized carbons (Fsp3) is 0.0625. The number of rotatable bonds is 5. The van der Waals surface area contributed by atoms with Crippen LogP contribution >= 0.6 is 0 Å². The number of carboxylic acids is 1. The van der Waals surface area contributed by atoms with Gasteiger partial charge in [0.05, 0.1) is 12.0 Å². The summed E-state index contributed by atoms with van der Waals surface area (Å²) in [6.45, 7) is 0. The number of hydrogen-bond acceptors (Lipinski definition) is 3. The number of carboxylic acid groups (broad SMARTS) is 1. The van der Waals surface area contributed by atoms with Gasteiger partial charge in [-0.2, -0.15) is 0 Å². The monoisotopic (exact) mass is 298 g/mol. The highest BCUT2D eigenvalue weighted by Gasteiger charge is 2.12. The van der Waals surface area contributed by atoms with Crippen molar-refractivity contribution in [2.75, 3.05) is 5.32 Å². The molecule has 0 fully saturated rings. The molecule has 0 radical (unpaired) electrons. The molecule has 0 saturated carbocycles. The molecule has 0 aliphatic rings. The zero-order valence-corrected chi connectivity index (χ0v) is 11.6. The van der Waals surface area contributed by atoms with E-state index in [4.69, 9.17) is 10.8 Å². The third kappa shape index (κ3) is 3.69. The summed E-state index contributed by atoms with van der Waals surface area (Å²) < 4.78 is 0. The summed E-state index contributed by atoms with van der Waals surface area (Å²) in [6, 6.07) is 12.5. The first-order valence-electron chi connectivity index (χ1n) is 6.48. The number of carbonyl (C=O) groups excluding carboxylic acids is 2. The first-order valence-corrected chi connectivity index (χ1v) is 6.48. The molecular weight excluding hydrogens is 284 g/mol. The Hall–Kier alpha value is -3.15. The van der Waals surface area contributed by atoms with E-state index in [1.165, 1.54) is 24.3 Å². The molecule has 2 rings (SSSR count). The van der Waals surface area contributed by atoms with Crippen LogP contribution in [0.15, 0.2) is 48.5 Å². The van der Waals surface area contributed by atoms with Gasteiger partial charge in [0.15, 0.2) is 0 Å². The predicted octanol–water partition coefficient (Wildman–Crippen LogP) is 1.66. The largest absolute Gasteiger partial charge is 0.478 e. The molecule has 4 N–H and O–H groups in total. The average Bonchev–Trinajstić information content (AvgIpc) is 2.49. The third-order valence-corrected chi connectivity index (χ3v) is 3.00. The Morgan fingerprint density at radius 2 is 1.68 bits per heavy atom. The lowest BCUT2D eigenvalue weighted by molar-refractivity contribution is -0.117. The fourth-order valence-corrected chi connectivity index (χ4v) is 1.97. The van der Waals surface area contributed by atoms with Crippen LogP contribution in [0.4, 0.5) is 5.69 Å². The van der Waals surface area contributed by atoms with Crippen molar-refractivity contribution in [1.29, 1.82) is 0 Å². The quantitative estimate of drug-likeness (QED) is 0.779. The van der Waals surface area contributed by atoms with Gasteiger partial charge in [0.25, 0.3) is 5.91 Å². The number of hydrogen-bond donors (Lipinski definition) is 3. The van der Waals surface area contributed by atoms with E-state index in [1.807, 2.05) is 0 Å². The SMILES string of the molecule is NC(=O)Cc1ccccc1NC(=O)c1cccc(C(=O)O)c1. The molecule has 0 bridgehead atoms. The van der Waals surface area contributed by atoms with E-state index < -0.39 is 17.8 Å². The van der Waals surface area contributed by atoms with Gasteiger partial charge < -0.3 is 16.2 Å². The molecule has 2 amide bonds. The second-order valence-corrected chi connectivity index (χ2v) is 4.64. The number of para-hydroxylation sites is 1. The first-order chi connectivity index (χ1) is 10.5. The van der Waals surface area contributed by atoms with Crippen molar-refractivity contribution in [3.63, 3.8) is 0 Å². The number of amides is 2. The van der Waals surface area contributed by atoms with Gasteiger partial charge in [0.2, 0.25) is 5.91 Å². The Balaban J connectivity index is 2.24. The van der Waals surface area contributed by atoms with Gasteiger partial charge in [-0.1, -0.05) is 24.3 Å². The summed E-state index contributed by atoms with van der Waals surface area (Å²) in [5.74, 6) is -2.07. The zero-order valence-electron chi connectivity index (χ0n) is 11.6.